The molecule has 2 amide bonds. The average molecular weight is 426 g/mol. The molecule has 3 rings (SSSR count). The third-order valence-electron chi connectivity index (χ3n) is 5.33. The normalized spacial score (nSPS) is 14.2. The van der Waals surface area contributed by atoms with Gasteiger partial charge in [0.2, 0.25) is 5.91 Å². The molecule has 0 unspecified atom stereocenters. The Morgan fingerprint density at radius 1 is 0.903 bits per heavy atom. The van der Waals surface area contributed by atoms with Gasteiger partial charge in [0, 0.05) is 31.9 Å². The van der Waals surface area contributed by atoms with Crippen LogP contribution < -0.4 is 14.8 Å². The van der Waals surface area contributed by atoms with Crippen LogP contribution in [0.3, 0.4) is 0 Å². The Hall–Kier alpha value is -3.06. The number of amides is 2. The monoisotopic (exact) mass is 425 g/mol. The molecular weight excluding hydrogens is 394 g/mol. The number of hydrogen-bond donors (Lipinski definition) is 1. The Morgan fingerprint density at radius 2 is 1.48 bits per heavy atom. The molecule has 2 aromatic rings. The van der Waals surface area contributed by atoms with E-state index in [2.05, 4.69) is 10.2 Å². The third-order valence-corrected chi connectivity index (χ3v) is 5.33. The molecule has 0 bridgehead atoms. The summed E-state index contributed by atoms with van der Waals surface area (Å²) in [6.45, 7) is 9.33. The van der Waals surface area contributed by atoms with Crippen molar-refractivity contribution in [3.63, 3.8) is 0 Å². The highest BCUT2D eigenvalue weighted by Crippen LogP contribution is 2.20. The van der Waals surface area contributed by atoms with Crippen LogP contribution in [0, 0.1) is 13.8 Å². The summed E-state index contributed by atoms with van der Waals surface area (Å²) in [6, 6.07) is 13.2. The van der Waals surface area contributed by atoms with Crippen LogP contribution in [0.1, 0.15) is 18.1 Å². The summed E-state index contributed by atoms with van der Waals surface area (Å²) in [6.07, 6.45) is 0. The van der Waals surface area contributed by atoms with Crippen molar-refractivity contribution in [3.05, 3.63) is 53.6 Å². The molecule has 7 nitrogen and oxygen atoms in total. The summed E-state index contributed by atoms with van der Waals surface area (Å²) in [5.74, 6) is 1.34. The van der Waals surface area contributed by atoms with Gasteiger partial charge < -0.3 is 19.7 Å². The lowest BCUT2D eigenvalue weighted by Gasteiger charge is -2.34. The maximum Gasteiger partial charge on any atom is 0.260 e. The minimum Gasteiger partial charge on any atom is -0.494 e. The SMILES string of the molecule is CCOc1ccc(OCC(=O)N2CCN(CC(=O)Nc3c(C)cccc3C)CC2)cc1. The number of benzene rings is 2. The minimum absolute atomic E-state index is 0.00102. The van der Waals surface area contributed by atoms with E-state index in [0.717, 1.165) is 22.6 Å². The van der Waals surface area contributed by atoms with Gasteiger partial charge in [-0.05, 0) is 56.2 Å². The maximum atomic E-state index is 12.5. The highest BCUT2D eigenvalue weighted by molar-refractivity contribution is 5.93. The molecule has 166 valence electrons. The van der Waals surface area contributed by atoms with Gasteiger partial charge in [-0.25, -0.2) is 0 Å². The minimum atomic E-state index is -0.0477. The number of ether oxygens (including phenoxy) is 2. The Balaban J connectivity index is 1.40. The van der Waals surface area contributed by atoms with Crippen LogP contribution in [0.2, 0.25) is 0 Å². The first-order valence-corrected chi connectivity index (χ1v) is 10.7. The van der Waals surface area contributed by atoms with E-state index in [4.69, 9.17) is 9.47 Å². The molecule has 1 saturated heterocycles. The summed E-state index contributed by atoms with van der Waals surface area (Å²) < 4.78 is 11.0. The molecule has 31 heavy (non-hydrogen) atoms. The van der Waals surface area contributed by atoms with Gasteiger partial charge in [0.05, 0.1) is 13.2 Å². The van der Waals surface area contributed by atoms with Crippen molar-refractivity contribution in [2.75, 3.05) is 51.3 Å². The molecule has 7 heteroatoms. The summed E-state index contributed by atoms with van der Waals surface area (Å²) in [4.78, 5) is 28.8. The Morgan fingerprint density at radius 3 is 2.06 bits per heavy atom. The molecule has 0 atom stereocenters. The predicted octanol–water partition coefficient (Wildman–Crippen LogP) is 2.86. The van der Waals surface area contributed by atoms with Crippen molar-refractivity contribution in [2.45, 2.75) is 20.8 Å². The molecule has 1 fully saturated rings. The highest BCUT2D eigenvalue weighted by Gasteiger charge is 2.23. The van der Waals surface area contributed by atoms with Crippen molar-refractivity contribution in [3.8, 4) is 11.5 Å². The topological polar surface area (TPSA) is 71.1 Å². The Labute approximate surface area is 183 Å². The van der Waals surface area contributed by atoms with E-state index in [1.807, 2.05) is 51.1 Å². The number of nitrogens with zero attached hydrogens (tertiary/aromatic N) is 2. The molecule has 0 radical (unpaired) electrons. The largest absolute Gasteiger partial charge is 0.494 e. The van der Waals surface area contributed by atoms with Crippen molar-refractivity contribution in [1.82, 2.24) is 9.80 Å². The van der Waals surface area contributed by atoms with Crippen LogP contribution in [0.15, 0.2) is 42.5 Å². The lowest BCUT2D eigenvalue weighted by molar-refractivity contribution is -0.135. The fraction of sp³-hybridized carbons (Fsp3) is 0.417. The number of para-hydroxylation sites is 1. The van der Waals surface area contributed by atoms with Gasteiger partial charge in [0.15, 0.2) is 6.61 Å². The van der Waals surface area contributed by atoms with Crippen LogP contribution in [-0.4, -0.2) is 67.6 Å². The standard InChI is InChI=1S/C24H31N3O4/c1-4-30-20-8-10-21(11-9-20)31-17-23(29)27-14-12-26(13-15-27)16-22(28)25-24-18(2)6-5-7-19(24)3/h5-11H,4,12-17H2,1-3H3,(H,25,28). The summed E-state index contributed by atoms with van der Waals surface area (Å²) in [5.41, 5.74) is 2.99. The quantitative estimate of drug-likeness (QED) is 0.704. The molecule has 1 aliphatic heterocycles. The highest BCUT2D eigenvalue weighted by atomic mass is 16.5. The van der Waals surface area contributed by atoms with E-state index >= 15 is 0 Å². The molecule has 0 aromatic heterocycles. The molecule has 0 spiro atoms. The van der Waals surface area contributed by atoms with Crippen LogP contribution in [0.5, 0.6) is 11.5 Å². The zero-order chi connectivity index (χ0) is 22.2. The molecule has 0 saturated carbocycles. The zero-order valence-corrected chi connectivity index (χ0v) is 18.5. The number of rotatable bonds is 8. The van der Waals surface area contributed by atoms with Gasteiger partial charge in [0.1, 0.15) is 11.5 Å². The van der Waals surface area contributed by atoms with E-state index in [9.17, 15) is 9.59 Å². The first kappa shape index (κ1) is 22.6. The lowest BCUT2D eigenvalue weighted by atomic mass is 10.1. The lowest BCUT2D eigenvalue weighted by Crippen LogP contribution is -2.51. The van der Waals surface area contributed by atoms with E-state index in [1.165, 1.54) is 0 Å². The van der Waals surface area contributed by atoms with Crippen LogP contribution in [0.25, 0.3) is 0 Å². The number of carbonyl (C=O) groups is 2. The molecular formula is C24H31N3O4. The second-order valence-corrected chi connectivity index (χ2v) is 7.67. The van der Waals surface area contributed by atoms with Crippen LogP contribution in [-0.2, 0) is 9.59 Å². The molecule has 2 aromatic carbocycles. The number of piperazine rings is 1. The van der Waals surface area contributed by atoms with E-state index in [1.54, 1.807) is 17.0 Å². The summed E-state index contributed by atoms with van der Waals surface area (Å²) in [7, 11) is 0. The smallest absolute Gasteiger partial charge is 0.260 e. The molecule has 0 aliphatic carbocycles. The summed E-state index contributed by atoms with van der Waals surface area (Å²) >= 11 is 0. The first-order valence-electron chi connectivity index (χ1n) is 10.7. The second-order valence-electron chi connectivity index (χ2n) is 7.67. The fourth-order valence-electron chi connectivity index (χ4n) is 3.58. The summed E-state index contributed by atoms with van der Waals surface area (Å²) in [5, 5.41) is 3.02. The third kappa shape index (κ3) is 6.46. The Kier molecular flexibility index (Phi) is 7.89. The fourth-order valence-corrected chi connectivity index (χ4v) is 3.58. The van der Waals surface area contributed by atoms with Crippen molar-refractivity contribution >= 4 is 17.5 Å². The van der Waals surface area contributed by atoms with E-state index in [-0.39, 0.29) is 18.4 Å². The van der Waals surface area contributed by atoms with Crippen molar-refractivity contribution in [1.29, 1.82) is 0 Å². The van der Waals surface area contributed by atoms with Crippen LogP contribution in [0.4, 0.5) is 5.69 Å². The number of aryl methyl sites for hydroxylation is 2. The van der Waals surface area contributed by atoms with Crippen molar-refractivity contribution in [2.24, 2.45) is 0 Å². The van der Waals surface area contributed by atoms with Crippen LogP contribution >= 0.6 is 0 Å². The number of nitrogens with one attached hydrogen (secondary N) is 1. The van der Waals surface area contributed by atoms with Gasteiger partial charge in [-0.3, -0.25) is 14.5 Å². The number of anilines is 1. The number of hydrogen-bond acceptors (Lipinski definition) is 5. The maximum absolute atomic E-state index is 12.5. The van der Waals surface area contributed by atoms with Gasteiger partial charge in [-0.15, -0.1) is 0 Å². The molecule has 1 heterocycles. The van der Waals surface area contributed by atoms with Gasteiger partial charge >= 0.3 is 0 Å². The van der Waals surface area contributed by atoms with E-state index < -0.39 is 0 Å². The van der Waals surface area contributed by atoms with Gasteiger partial charge in [-0.1, -0.05) is 18.2 Å². The molecule has 1 N–H and O–H groups in total. The Bertz CT molecular complexity index is 870. The van der Waals surface area contributed by atoms with E-state index in [0.29, 0.717) is 45.1 Å². The molecule has 1 aliphatic rings. The predicted molar refractivity (Wildman–Crippen MR) is 121 cm³/mol. The van der Waals surface area contributed by atoms with Gasteiger partial charge in [-0.2, -0.15) is 0 Å². The zero-order valence-electron chi connectivity index (χ0n) is 18.5. The first-order chi connectivity index (χ1) is 15.0. The second kappa shape index (κ2) is 10.8. The number of carbonyl (C=O) groups excluding carboxylic acids is 2. The average Bonchev–Trinajstić information content (AvgIpc) is 2.76. The van der Waals surface area contributed by atoms with Crippen molar-refractivity contribution < 1.29 is 19.1 Å². The van der Waals surface area contributed by atoms with Gasteiger partial charge in [0.25, 0.3) is 5.91 Å².